The van der Waals surface area contributed by atoms with E-state index in [1.54, 1.807) is 0 Å². The molecule has 0 aliphatic heterocycles. The summed E-state index contributed by atoms with van der Waals surface area (Å²) < 4.78 is 7.71. The number of hydrogen-bond acceptors (Lipinski definition) is 6. The summed E-state index contributed by atoms with van der Waals surface area (Å²) in [6, 6.07) is 25.1. The van der Waals surface area contributed by atoms with Gasteiger partial charge < -0.3 is 16.2 Å². The zero-order valence-corrected chi connectivity index (χ0v) is 16.6. The Labute approximate surface area is 178 Å². The summed E-state index contributed by atoms with van der Waals surface area (Å²) in [5, 5.41) is 5.54. The van der Waals surface area contributed by atoms with Crippen molar-refractivity contribution >= 4 is 22.5 Å². The second-order valence-electron chi connectivity index (χ2n) is 7.15. The normalized spacial score (nSPS) is 11.0. The van der Waals surface area contributed by atoms with Gasteiger partial charge in [-0.15, -0.1) is 0 Å². The molecule has 0 saturated carbocycles. The second kappa shape index (κ2) is 7.79. The minimum absolute atomic E-state index is 0.392. The monoisotopic (exact) mass is 408 g/mol. The molecule has 0 unspecified atom stereocenters. The molecule has 5 rings (SSSR count). The lowest BCUT2D eigenvalue weighted by Crippen LogP contribution is -2.03. The molecule has 0 amide bonds. The van der Waals surface area contributed by atoms with Gasteiger partial charge in [0.05, 0.1) is 11.9 Å². The number of nitrogen functional groups attached to an aromatic ring is 2. The van der Waals surface area contributed by atoms with Gasteiger partial charge in [0.15, 0.2) is 5.65 Å². The van der Waals surface area contributed by atoms with Crippen molar-refractivity contribution in [3.05, 3.63) is 90.8 Å². The Morgan fingerprint density at radius 1 is 0.806 bits per heavy atom. The number of anilines is 2. The molecule has 0 aliphatic carbocycles. The van der Waals surface area contributed by atoms with Gasteiger partial charge in [0.25, 0.3) is 0 Å². The molecule has 7 nitrogen and oxygen atoms in total. The number of aromatic nitrogens is 4. The van der Waals surface area contributed by atoms with E-state index in [0.29, 0.717) is 23.7 Å². The van der Waals surface area contributed by atoms with Crippen LogP contribution in [0.15, 0.2) is 85.2 Å². The minimum Gasteiger partial charge on any atom is -0.457 e. The Morgan fingerprint density at radius 2 is 1.58 bits per heavy atom. The first-order chi connectivity index (χ1) is 15.2. The van der Waals surface area contributed by atoms with Crippen LogP contribution in [0.1, 0.15) is 5.56 Å². The van der Waals surface area contributed by atoms with Crippen LogP contribution in [0.25, 0.3) is 22.3 Å². The topological polar surface area (TPSA) is 105 Å². The highest BCUT2D eigenvalue weighted by Gasteiger charge is 2.17. The number of hydrogen-bond donors (Lipinski definition) is 2. The highest BCUT2D eigenvalue weighted by Crippen LogP contribution is 2.32. The fourth-order valence-corrected chi connectivity index (χ4v) is 3.51. The SMILES string of the molecule is Nc1cccc(Cn2nc(-c3ccc(Oc4ccccc4)cc3)c3c(N)ncnc32)c1. The molecule has 4 N–H and O–H groups in total. The fourth-order valence-electron chi connectivity index (χ4n) is 3.51. The van der Waals surface area contributed by atoms with Crippen molar-refractivity contribution in [2.75, 3.05) is 11.5 Å². The molecule has 152 valence electrons. The standard InChI is InChI=1S/C24H20N6O/c25-18-6-4-5-16(13-18)14-30-24-21(23(26)27-15-28-24)22(29-30)17-9-11-20(12-10-17)31-19-7-2-1-3-8-19/h1-13,15H,14,25H2,(H2,26,27,28). The van der Waals surface area contributed by atoms with Gasteiger partial charge in [-0.2, -0.15) is 5.10 Å². The molecule has 0 bridgehead atoms. The lowest BCUT2D eigenvalue weighted by atomic mass is 10.1. The van der Waals surface area contributed by atoms with Gasteiger partial charge in [-0.05, 0) is 54.1 Å². The third-order valence-electron chi connectivity index (χ3n) is 4.95. The number of benzene rings is 3. The van der Waals surface area contributed by atoms with Crippen molar-refractivity contribution in [1.29, 1.82) is 0 Å². The molecule has 0 radical (unpaired) electrons. The van der Waals surface area contributed by atoms with E-state index in [-0.39, 0.29) is 0 Å². The number of ether oxygens (including phenoxy) is 1. The maximum Gasteiger partial charge on any atom is 0.164 e. The summed E-state index contributed by atoms with van der Waals surface area (Å²) in [6.07, 6.45) is 1.45. The zero-order chi connectivity index (χ0) is 21.2. The van der Waals surface area contributed by atoms with Crippen molar-refractivity contribution in [2.24, 2.45) is 0 Å². The molecule has 0 fully saturated rings. The Morgan fingerprint density at radius 3 is 2.35 bits per heavy atom. The van der Waals surface area contributed by atoms with Crippen LogP contribution in [0.4, 0.5) is 11.5 Å². The van der Waals surface area contributed by atoms with E-state index in [4.69, 9.17) is 21.3 Å². The average molecular weight is 408 g/mol. The number of fused-ring (bicyclic) bond motifs is 1. The van der Waals surface area contributed by atoms with Crippen molar-refractivity contribution in [3.8, 4) is 22.8 Å². The number of para-hydroxylation sites is 1. The predicted molar refractivity (Wildman–Crippen MR) is 122 cm³/mol. The summed E-state index contributed by atoms with van der Waals surface area (Å²) in [5.74, 6) is 1.91. The van der Waals surface area contributed by atoms with Crippen LogP contribution in [0.2, 0.25) is 0 Å². The van der Waals surface area contributed by atoms with E-state index in [2.05, 4.69) is 9.97 Å². The lowest BCUT2D eigenvalue weighted by molar-refractivity contribution is 0.483. The smallest absolute Gasteiger partial charge is 0.164 e. The summed E-state index contributed by atoms with van der Waals surface area (Å²) in [4.78, 5) is 8.60. The third kappa shape index (κ3) is 3.76. The first kappa shape index (κ1) is 18.6. The summed E-state index contributed by atoms with van der Waals surface area (Å²) in [5.41, 5.74) is 16.2. The molecular formula is C24H20N6O. The quantitative estimate of drug-likeness (QED) is 0.415. The maximum absolute atomic E-state index is 6.21. The first-order valence-electron chi connectivity index (χ1n) is 9.82. The summed E-state index contributed by atoms with van der Waals surface area (Å²) in [7, 11) is 0. The molecule has 0 spiro atoms. The van der Waals surface area contributed by atoms with Crippen LogP contribution in [-0.4, -0.2) is 19.7 Å². The van der Waals surface area contributed by atoms with Crippen molar-refractivity contribution in [2.45, 2.75) is 6.54 Å². The van der Waals surface area contributed by atoms with E-state index in [1.165, 1.54) is 6.33 Å². The van der Waals surface area contributed by atoms with Crippen LogP contribution in [0.5, 0.6) is 11.5 Å². The number of rotatable bonds is 5. The van der Waals surface area contributed by atoms with E-state index < -0.39 is 0 Å². The van der Waals surface area contributed by atoms with Crippen molar-refractivity contribution in [3.63, 3.8) is 0 Å². The predicted octanol–water partition coefficient (Wildman–Crippen LogP) is 4.50. The molecule has 5 aromatic rings. The molecule has 31 heavy (non-hydrogen) atoms. The van der Waals surface area contributed by atoms with Crippen molar-refractivity contribution < 1.29 is 4.74 Å². The summed E-state index contributed by atoms with van der Waals surface area (Å²) in [6.45, 7) is 0.521. The molecule has 2 heterocycles. The minimum atomic E-state index is 0.392. The van der Waals surface area contributed by atoms with Gasteiger partial charge in [-0.25, -0.2) is 14.6 Å². The van der Waals surface area contributed by atoms with E-state index >= 15 is 0 Å². The molecule has 2 aromatic heterocycles. The van der Waals surface area contributed by atoms with Crippen LogP contribution < -0.4 is 16.2 Å². The number of nitrogens with two attached hydrogens (primary N) is 2. The Kier molecular flexibility index (Phi) is 4.68. The summed E-state index contributed by atoms with van der Waals surface area (Å²) >= 11 is 0. The Hall–Kier alpha value is -4.39. The van der Waals surface area contributed by atoms with E-state index in [0.717, 1.165) is 33.7 Å². The molecule has 3 aromatic carbocycles. The average Bonchev–Trinajstić information content (AvgIpc) is 3.15. The van der Waals surface area contributed by atoms with Crippen LogP contribution in [0.3, 0.4) is 0 Å². The Balaban J connectivity index is 1.52. The highest BCUT2D eigenvalue weighted by atomic mass is 16.5. The second-order valence-corrected chi connectivity index (χ2v) is 7.15. The maximum atomic E-state index is 6.21. The van der Waals surface area contributed by atoms with Gasteiger partial charge in [0.2, 0.25) is 0 Å². The van der Waals surface area contributed by atoms with Crippen LogP contribution >= 0.6 is 0 Å². The van der Waals surface area contributed by atoms with Crippen molar-refractivity contribution in [1.82, 2.24) is 19.7 Å². The van der Waals surface area contributed by atoms with Gasteiger partial charge in [-0.3, -0.25) is 0 Å². The van der Waals surface area contributed by atoms with Crippen LogP contribution in [0, 0.1) is 0 Å². The van der Waals surface area contributed by atoms with Gasteiger partial charge in [0, 0.05) is 11.3 Å². The molecular weight excluding hydrogens is 388 g/mol. The molecule has 0 aliphatic rings. The molecule has 7 heteroatoms. The third-order valence-corrected chi connectivity index (χ3v) is 4.95. The molecule has 0 saturated heterocycles. The van der Waals surface area contributed by atoms with Crippen LogP contribution in [-0.2, 0) is 6.54 Å². The first-order valence-corrected chi connectivity index (χ1v) is 9.82. The fraction of sp³-hybridized carbons (Fsp3) is 0.0417. The Bertz CT molecular complexity index is 1350. The van der Waals surface area contributed by atoms with Gasteiger partial charge >= 0.3 is 0 Å². The molecule has 0 atom stereocenters. The van der Waals surface area contributed by atoms with Gasteiger partial charge in [-0.1, -0.05) is 30.3 Å². The number of nitrogens with zero attached hydrogens (tertiary/aromatic N) is 4. The zero-order valence-electron chi connectivity index (χ0n) is 16.6. The largest absolute Gasteiger partial charge is 0.457 e. The van der Waals surface area contributed by atoms with E-state index in [1.807, 2.05) is 83.5 Å². The van der Waals surface area contributed by atoms with E-state index in [9.17, 15) is 0 Å². The van der Waals surface area contributed by atoms with Gasteiger partial charge in [0.1, 0.15) is 29.3 Å². The lowest BCUT2D eigenvalue weighted by Gasteiger charge is -2.06. The highest BCUT2D eigenvalue weighted by molar-refractivity contribution is 5.98.